The van der Waals surface area contributed by atoms with Gasteiger partial charge in [0.2, 0.25) is 0 Å². The number of benzene rings is 2. The molecule has 0 aliphatic carbocycles. The van der Waals surface area contributed by atoms with E-state index < -0.39 is 14.6 Å². The Labute approximate surface area is 174 Å². The monoisotopic (exact) mass is 410 g/mol. The van der Waals surface area contributed by atoms with E-state index in [9.17, 15) is 8.42 Å². The smallest absolute Gasteiger partial charge is 0.159 e. The molecule has 0 amide bonds. The van der Waals surface area contributed by atoms with Crippen molar-refractivity contribution in [1.29, 1.82) is 0 Å². The van der Waals surface area contributed by atoms with Crippen LogP contribution in [0.25, 0.3) is 11.3 Å². The molecule has 0 unspecified atom stereocenters. The fourth-order valence-electron chi connectivity index (χ4n) is 3.36. The highest BCUT2D eigenvalue weighted by Gasteiger charge is 2.28. The summed E-state index contributed by atoms with van der Waals surface area (Å²) in [5.74, 6) is 0.988. The number of furan rings is 1. The van der Waals surface area contributed by atoms with E-state index in [0.29, 0.717) is 0 Å². The molecule has 3 nitrogen and oxygen atoms in total. The van der Waals surface area contributed by atoms with Gasteiger partial charge in [0.15, 0.2) is 9.84 Å². The molecule has 2 aromatic carbocycles. The van der Waals surface area contributed by atoms with E-state index in [0.717, 1.165) is 29.7 Å². The summed E-state index contributed by atoms with van der Waals surface area (Å²) in [6.45, 7) is 9.55. The molecule has 0 atom stereocenters. The molecule has 4 heteroatoms. The second kappa shape index (κ2) is 8.19. The molecule has 0 aliphatic rings. The predicted octanol–water partition coefficient (Wildman–Crippen LogP) is 6.06. The number of sulfone groups is 1. The van der Waals surface area contributed by atoms with E-state index in [1.807, 2.05) is 36.4 Å². The minimum absolute atomic E-state index is 0.0866. The minimum atomic E-state index is -3.16. The van der Waals surface area contributed by atoms with Crippen molar-refractivity contribution >= 4 is 9.84 Å². The summed E-state index contributed by atoms with van der Waals surface area (Å²) in [5, 5.41) is 0. The van der Waals surface area contributed by atoms with Crippen molar-refractivity contribution in [3.05, 3.63) is 82.6 Å². The van der Waals surface area contributed by atoms with Crippen LogP contribution in [0.3, 0.4) is 0 Å². The molecule has 0 spiro atoms. The lowest BCUT2D eigenvalue weighted by molar-refractivity contribution is 0.559. The molecular weight excluding hydrogens is 380 g/mol. The number of aryl methyl sites for hydroxylation is 2. The van der Waals surface area contributed by atoms with Gasteiger partial charge in [-0.15, -0.1) is 0 Å². The van der Waals surface area contributed by atoms with Gasteiger partial charge in [-0.05, 0) is 87.4 Å². The van der Waals surface area contributed by atoms with Crippen LogP contribution in [0.15, 0.2) is 59.2 Å². The summed E-state index contributed by atoms with van der Waals surface area (Å²) in [7, 11) is -3.16. The van der Waals surface area contributed by atoms with Crippen LogP contribution in [-0.2, 0) is 28.4 Å². The molecule has 1 aromatic heterocycles. The Hall–Kier alpha value is -2.33. The van der Waals surface area contributed by atoms with Crippen LogP contribution in [0.4, 0.5) is 0 Å². The lowest BCUT2D eigenvalue weighted by Crippen LogP contribution is -2.29. The van der Waals surface area contributed by atoms with Crippen molar-refractivity contribution in [3.8, 4) is 11.3 Å². The molecule has 0 bridgehead atoms. The highest BCUT2D eigenvalue weighted by atomic mass is 32.2. The Morgan fingerprint density at radius 3 is 2.07 bits per heavy atom. The van der Waals surface area contributed by atoms with Gasteiger partial charge in [0, 0.05) is 5.56 Å². The zero-order valence-corrected chi connectivity index (χ0v) is 18.8. The fourth-order valence-corrected chi connectivity index (χ4v) is 4.43. The molecule has 0 aliphatic heterocycles. The van der Waals surface area contributed by atoms with Gasteiger partial charge in [-0.3, -0.25) is 0 Å². The van der Waals surface area contributed by atoms with E-state index in [1.165, 1.54) is 22.3 Å². The summed E-state index contributed by atoms with van der Waals surface area (Å²) in [4.78, 5) is 0. The van der Waals surface area contributed by atoms with Gasteiger partial charge < -0.3 is 4.42 Å². The molecule has 0 N–H and O–H groups in total. The molecule has 0 saturated carbocycles. The lowest BCUT2D eigenvalue weighted by atomic mass is 9.93. The maximum Gasteiger partial charge on any atom is 0.159 e. The fraction of sp³-hybridized carbons (Fsp3) is 0.360. The van der Waals surface area contributed by atoms with Crippen LogP contribution in [0.1, 0.15) is 48.6 Å². The van der Waals surface area contributed by atoms with Crippen molar-refractivity contribution in [2.45, 2.75) is 58.0 Å². The Morgan fingerprint density at radius 2 is 1.48 bits per heavy atom. The summed E-state index contributed by atoms with van der Waals surface area (Å²) in [6, 6.07) is 16.2. The van der Waals surface area contributed by atoms with Gasteiger partial charge >= 0.3 is 0 Å². The molecular formula is C25H30O3S. The summed E-state index contributed by atoms with van der Waals surface area (Å²) < 4.78 is 29.6. The molecule has 3 aromatic rings. The van der Waals surface area contributed by atoms with E-state index in [1.54, 1.807) is 27.0 Å². The first kappa shape index (κ1) is 21.4. The molecule has 29 heavy (non-hydrogen) atoms. The maximum atomic E-state index is 12.4. The first-order chi connectivity index (χ1) is 13.6. The van der Waals surface area contributed by atoms with Gasteiger partial charge in [-0.1, -0.05) is 36.4 Å². The van der Waals surface area contributed by atoms with Crippen molar-refractivity contribution in [1.82, 2.24) is 0 Å². The molecule has 1 heterocycles. The van der Waals surface area contributed by atoms with Crippen LogP contribution < -0.4 is 0 Å². The van der Waals surface area contributed by atoms with Crippen molar-refractivity contribution in [2.75, 3.05) is 0 Å². The van der Waals surface area contributed by atoms with Gasteiger partial charge in [-0.2, -0.15) is 0 Å². The van der Waals surface area contributed by atoms with Crippen LogP contribution in [0.5, 0.6) is 0 Å². The molecule has 0 radical (unpaired) electrons. The Bertz CT molecular complexity index is 1070. The topological polar surface area (TPSA) is 47.3 Å². The van der Waals surface area contributed by atoms with Gasteiger partial charge in [0.1, 0.15) is 5.76 Å². The van der Waals surface area contributed by atoms with Crippen molar-refractivity contribution in [2.24, 2.45) is 0 Å². The van der Waals surface area contributed by atoms with Crippen molar-refractivity contribution < 1.29 is 12.8 Å². The predicted molar refractivity (Wildman–Crippen MR) is 120 cm³/mol. The number of hydrogen-bond donors (Lipinski definition) is 0. The Kier molecular flexibility index (Phi) is 6.04. The minimum Gasteiger partial charge on any atom is -0.464 e. The number of rotatable bonds is 6. The quantitative estimate of drug-likeness (QED) is 0.496. The Morgan fingerprint density at radius 1 is 0.828 bits per heavy atom. The number of hydrogen-bond acceptors (Lipinski definition) is 3. The van der Waals surface area contributed by atoms with Gasteiger partial charge in [0.25, 0.3) is 0 Å². The zero-order chi connectivity index (χ0) is 21.2. The highest BCUT2D eigenvalue weighted by Crippen LogP contribution is 2.28. The first-order valence-electron chi connectivity index (χ1n) is 10.0. The normalized spacial score (nSPS) is 12.3. The first-order valence-corrected chi connectivity index (χ1v) is 11.7. The maximum absolute atomic E-state index is 12.4. The average Bonchev–Trinajstić information content (AvgIpc) is 3.17. The van der Waals surface area contributed by atoms with E-state index in [-0.39, 0.29) is 5.75 Å². The van der Waals surface area contributed by atoms with Crippen LogP contribution >= 0.6 is 0 Å². The van der Waals surface area contributed by atoms with Crippen molar-refractivity contribution in [3.63, 3.8) is 0 Å². The standard InChI is InChI=1S/C25H30O3S/c1-18-19(2)23(24-7-6-16-28-24)15-14-22(18)13-12-20-8-10-21(11-9-20)17-29(26,27)25(3,4)5/h6-11,14-16H,12-13,17H2,1-5H3. The highest BCUT2D eigenvalue weighted by molar-refractivity contribution is 7.91. The summed E-state index contributed by atoms with van der Waals surface area (Å²) in [5.41, 5.74) is 7.08. The Balaban J connectivity index is 1.69. The zero-order valence-electron chi connectivity index (χ0n) is 18.0. The van der Waals surface area contributed by atoms with E-state index in [4.69, 9.17) is 4.42 Å². The lowest BCUT2D eigenvalue weighted by Gasteiger charge is -2.19. The van der Waals surface area contributed by atoms with Crippen LogP contribution in [-0.4, -0.2) is 13.2 Å². The molecule has 0 fully saturated rings. The molecule has 154 valence electrons. The molecule has 3 rings (SSSR count). The third-order valence-corrected chi connectivity index (χ3v) is 8.26. The van der Waals surface area contributed by atoms with E-state index >= 15 is 0 Å². The van der Waals surface area contributed by atoms with Gasteiger partial charge in [0.05, 0.1) is 16.8 Å². The van der Waals surface area contributed by atoms with Crippen LogP contribution in [0.2, 0.25) is 0 Å². The third-order valence-electron chi connectivity index (χ3n) is 5.68. The average molecular weight is 411 g/mol. The second-order valence-corrected chi connectivity index (χ2v) is 11.4. The second-order valence-electron chi connectivity index (χ2n) is 8.69. The van der Waals surface area contributed by atoms with Crippen LogP contribution in [0, 0.1) is 13.8 Å². The summed E-state index contributed by atoms with van der Waals surface area (Å²) >= 11 is 0. The largest absolute Gasteiger partial charge is 0.464 e. The third kappa shape index (κ3) is 4.81. The summed E-state index contributed by atoms with van der Waals surface area (Å²) in [6.07, 6.45) is 3.58. The molecule has 0 saturated heterocycles. The van der Waals surface area contributed by atoms with E-state index in [2.05, 4.69) is 26.0 Å². The van der Waals surface area contributed by atoms with Gasteiger partial charge in [-0.25, -0.2) is 8.42 Å². The SMILES string of the molecule is Cc1c(CCc2ccc(CS(=O)(=O)C(C)(C)C)cc2)ccc(-c2ccco2)c1C.